The molecule has 2 amide bonds. The third-order valence-corrected chi connectivity index (χ3v) is 26.1. The Morgan fingerprint density at radius 2 is 0.434 bits per heavy atom. The molecule has 0 fully saturated rings. The van der Waals surface area contributed by atoms with Gasteiger partial charge in [-0.05, 0) is 274 Å². The van der Waals surface area contributed by atoms with E-state index in [2.05, 4.69) is 312 Å². The molecule has 0 aromatic heterocycles. The fraction of sp³-hybridized carbons (Fsp3) is 0.481. The number of amides is 2. The molecule has 8 aromatic rings. The quantitative estimate of drug-likeness (QED) is 0.0181. The Labute approximate surface area is 849 Å². The van der Waals surface area contributed by atoms with Crippen molar-refractivity contribution in [3.8, 4) is 0 Å². The highest BCUT2D eigenvalue weighted by Crippen LogP contribution is 2.44. The van der Waals surface area contributed by atoms with Crippen LogP contribution in [0.25, 0.3) is 0 Å². The summed E-state index contributed by atoms with van der Waals surface area (Å²) in [6.07, 6.45) is 4.63. The molecule has 16 bridgehead atoms. The van der Waals surface area contributed by atoms with Crippen LogP contribution in [0.5, 0.6) is 0 Å². The van der Waals surface area contributed by atoms with E-state index in [1.807, 2.05) is 0 Å². The molecular weight excluding hydrogens is 1820 g/mol. The second kappa shape index (κ2) is 47.1. The van der Waals surface area contributed by atoms with E-state index in [1.54, 1.807) is 0 Å². The van der Waals surface area contributed by atoms with Crippen LogP contribution in [0, 0.1) is 32.5 Å². The van der Waals surface area contributed by atoms with E-state index in [0.29, 0.717) is 70.9 Å². The molecule has 136 heavy (non-hydrogen) atoms. The Bertz CT molecular complexity index is 5550. The average molecular weight is 1980 g/mol. The van der Waals surface area contributed by atoms with Crippen LogP contribution in [0.1, 0.15) is 370 Å². The van der Waals surface area contributed by atoms with Crippen LogP contribution in [0.3, 0.4) is 0 Å². The van der Waals surface area contributed by atoms with Crippen LogP contribution in [0.15, 0.2) is 103 Å². The van der Waals surface area contributed by atoms with Gasteiger partial charge in [-0.3, -0.25) is 42.0 Å². The topological polar surface area (TPSA) is 430 Å². The summed E-state index contributed by atoms with van der Waals surface area (Å²) in [6, 6.07) is 39.5. The van der Waals surface area contributed by atoms with Crippen LogP contribution >= 0.6 is 74.4 Å². The van der Waals surface area contributed by atoms with E-state index in [1.165, 1.54) is 5.56 Å². The second-order valence-corrected chi connectivity index (χ2v) is 45.0. The molecule has 8 aromatic carbocycles. The van der Waals surface area contributed by atoms with Gasteiger partial charge in [0.05, 0.1) is 0 Å². The van der Waals surface area contributed by atoms with Crippen LogP contribution in [0.2, 0.25) is 0 Å². The third kappa shape index (κ3) is 31.3. The summed E-state index contributed by atoms with van der Waals surface area (Å²) in [4.78, 5) is 30.3. The summed E-state index contributed by atoms with van der Waals surface area (Å²) in [6.45, 7) is 55.8. The monoisotopic (exact) mass is 1980 g/mol. The minimum atomic E-state index is -0.455. The molecule has 746 valence electrons. The van der Waals surface area contributed by atoms with E-state index >= 15 is 9.59 Å². The van der Waals surface area contributed by atoms with E-state index in [4.69, 9.17) is 66.9 Å². The fourth-order valence-corrected chi connectivity index (χ4v) is 18.1. The highest BCUT2D eigenvalue weighted by molar-refractivity contribution is 5.86. The first-order valence-electron chi connectivity index (χ1n) is 46.4. The maximum absolute atomic E-state index is 15.2. The highest BCUT2D eigenvalue weighted by atomic mass is 35.5. The van der Waals surface area contributed by atoms with Gasteiger partial charge in [0.25, 0.3) is 0 Å². The summed E-state index contributed by atoms with van der Waals surface area (Å²) >= 11 is 0. The molecule has 0 spiro atoms. The van der Waals surface area contributed by atoms with Gasteiger partial charge in [-0.25, -0.2) is 0 Å². The van der Waals surface area contributed by atoms with Gasteiger partial charge in [0, 0.05) is 71.1 Å². The molecule has 0 aliphatic heterocycles. The molecule has 2 aliphatic carbocycles. The lowest BCUT2D eigenvalue weighted by atomic mass is 9.75. The Hall–Kier alpha value is -9.94. The third-order valence-electron chi connectivity index (χ3n) is 26.1. The minimum Gasteiger partial charge on any atom is -0.370 e. The van der Waals surface area contributed by atoms with Crippen molar-refractivity contribution in [3.63, 3.8) is 0 Å². The molecule has 0 saturated carbocycles. The smallest absolute Gasteiger partial charge is 0.220 e. The predicted octanol–water partition coefficient (Wildman–Crippen LogP) is 19.4. The maximum atomic E-state index is 15.2. The van der Waals surface area contributed by atoms with Gasteiger partial charge in [0.2, 0.25) is 11.8 Å². The summed E-state index contributed by atoms with van der Waals surface area (Å²) in [5, 5.41) is 78.1. The fourth-order valence-electron chi connectivity index (χ4n) is 18.1. The van der Waals surface area contributed by atoms with Gasteiger partial charge in [-0.2, -0.15) is 0 Å². The van der Waals surface area contributed by atoms with Gasteiger partial charge in [-0.1, -0.05) is 269 Å². The number of halogens is 6. The number of carbonyl (C=O) groups excluding carboxylic acids is 2. The summed E-state index contributed by atoms with van der Waals surface area (Å²) in [5.74, 6) is -1.64. The van der Waals surface area contributed by atoms with Crippen LogP contribution in [-0.2, 0) is 144 Å². The number of guanidine groups is 6. The van der Waals surface area contributed by atoms with Crippen molar-refractivity contribution < 1.29 is 9.59 Å². The number of unbranched alkanes of at least 4 members (excludes halogenated alkanes) is 1. The van der Waals surface area contributed by atoms with Gasteiger partial charge < -0.3 is 76.9 Å². The zero-order chi connectivity index (χ0) is 96.2. The predicted molar refractivity (Wildman–Crippen MR) is 582 cm³/mol. The molecule has 28 heteroatoms. The van der Waals surface area contributed by atoms with Crippen molar-refractivity contribution in [2.75, 3.05) is 6.54 Å². The number of nitrogens with two attached hydrogens (primary N) is 6. The zero-order valence-electron chi connectivity index (χ0n) is 85.1. The number of hydrogen-bond donors (Lipinski definition) is 20. The number of fused-ring (bicyclic) bond motifs is 16. The standard InChI is InChI=1S/C108H154N20O2.6ClH/c1-101(2,3)76-31-61-29-62-38-77(102(4,5)6)42-66(86(62)54-123-95(109)110)34-69-45-82(107(19,20)21)50-74(90(69)58-127-99(117)118)37-75-51-83(108(22,23)24)52-84(92(75)60-128-100(119)120)91(63(30-61)39-76)59-122-94(130)28-26-25-27-93(129)121-53-85-64-32-67-43-79(104(10,11)12)46-70(87(67)55-124-96(111)112)35-72-48-81(106(16,17)18)49-73(89(72)57-126-98(115)116)36-71-47-80(105(13,14)15)44-68(88(71)56-125-97(113)114)33-65(85)41-78(40-64)103(7,8)9;;;;;;/h30-31,38-52,91H,25-29,32-37,53-60H2,1-24H3,(H,121,129)(H,122,130)(H4,109,110,123)(H4,111,112,124)(H4,113,114,125)(H4,115,116,126)(H4,117,118,127)(H4,119,120,128);6*1H. The largest absolute Gasteiger partial charge is 0.370 e. The molecule has 22 nitrogen and oxygen atoms in total. The van der Waals surface area contributed by atoms with Gasteiger partial charge >= 0.3 is 0 Å². The summed E-state index contributed by atoms with van der Waals surface area (Å²) in [5.41, 5.74) is 68.2. The first-order valence-corrected chi connectivity index (χ1v) is 46.4. The lowest BCUT2D eigenvalue weighted by Crippen LogP contribution is -2.33. The van der Waals surface area contributed by atoms with Crippen molar-refractivity contribution in [3.05, 3.63) is 276 Å². The van der Waals surface area contributed by atoms with Crippen molar-refractivity contribution in [2.24, 2.45) is 34.4 Å². The SMILES string of the molecule is CC(C)(C)c1cc2cc(c1)C(CNC(=O)CCCCC(=O)NCc1c3cc(C(C)(C)C)cc1Cc1cc(C(C)(C)C)cc(c1CNC(=N)N)Cc1cc(C(C)(C)C)cc(c1CNC(=N)N)Cc1cc(C(C)(C)C)cc(c1CNC(=N)N)C3)c1cc(C(C)(C)C)cc(c1CNC(=N)N)Cc1cc(C(C)(C)C)cc(c1CNC(=N)N)Cc1cc(C(C)(C)C)cc(c1CNC(=N)N)C2.Cl.Cl.Cl.Cl.Cl.Cl. The Morgan fingerprint density at radius 1 is 0.250 bits per heavy atom. The Morgan fingerprint density at radius 3 is 0.654 bits per heavy atom. The summed E-state index contributed by atoms with van der Waals surface area (Å²) in [7, 11) is 0. The number of rotatable bonds is 21. The number of benzene rings is 8. The van der Waals surface area contributed by atoms with Crippen LogP contribution in [0.4, 0.5) is 0 Å². The first kappa shape index (κ1) is 118. The van der Waals surface area contributed by atoms with Crippen molar-refractivity contribution in [1.29, 1.82) is 32.5 Å². The van der Waals surface area contributed by atoms with Gasteiger partial charge in [0.15, 0.2) is 35.8 Å². The number of nitrogens with one attached hydrogen (secondary N) is 14. The second-order valence-electron chi connectivity index (χ2n) is 45.0. The number of carbonyl (C=O) groups is 2. The van der Waals surface area contributed by atoms with E-state index in [-0.39, 0.29) is 217 Å². The molecule has 0 radical (unpaired) electrons. The van der Waals surface area contributed by atoms with Crippen LogP contribution in [-0.4, -0.2) is 54.1 Å². The lowest BCUT2D eigenvalue weighted by Gasteiger charge is -2.31. The minimum absolute atomic E-state index is 0. The molecule has 1 unspecified atom stereocenters. The normalized spacial score (nSPS) is 13.3. The Kier molecular flexibility index (Phi) is 41.0. The lowest BCUT2D eigenvalue weighted by molar-refractivity contribution is -0.123. The van der Waals surface area contributed by atoms with Crippen molar-refractivity contribution in [1.82, 2.24) is 42.5 Å². The van der Waals surface area contributed by atoms with E-state index in [9.17, 15) is 0 Å². The van der Waals surface area contributed by atoms with E-state index in [0.717, 1.165) is 167 Å². The molecule has 0 saturated heterocycles. The molecular formula is C108H160Cl6N20O2. The van der Waals surface area contributed by atoms with Gasteiger partial charge in [0.1, 0.15) is 0 Å². The first-order chi connectivity index (χ1) is 60.2. The Balaban J connectivity index is 0.00000644. The molecule has 2 aliphatic rings. The molecule has 0 heterocycles. The molecule has 10 rings (SSSR count). The van der Waals surface area contributed by atoms with Crippen molar-refractivity contribution >= 4 is 122 Å². The zero-order valence-corrected chi connectivity index (χ0v) is 90.0. The summed E-state index contributed by atoms with van der Waals surface area (Å²) < 4.78 is 0. The van der Waals surface area contributed by atoms with Gasteiger partial charge in [-0.15, -0.1) is 74.4 Å². The van der Waals surface area contributed by atoms with Crippen LogP contribution < -0.4 is 76.9 Å². The van der Waals surface area contributed by atoms with Crippen molar-refractivity contribution in [2.45, 2.75) is 332 Å². The molecule has 1 atom stereocenters. The van der Waals surface area contributed by atoms with E-state index < -0.39 is 5.92 Å². The number of hydrogen-bond acceptors (Lipinski definition) is 8. The highest BCUT2D eigenvalue weighted by Gasteiger charge is 2.34. The average Bonchev–Trinajstić information content (AvgIpc) is 0.757. The maximum Gasteiger partial charge on any atom is 0.220 e. The molecule has 26 N–H and O–H groups in total.